The Labute approximate surface area is 119 Å². The van der Waals surface area contributed by atoms with Crippen molar-refractivity contribution >= 4 is 9.84 Å². The largest absolute Gasteiger partial charge is 0.339 e. The van der Waals surface area contributed by atoms with Crippen molar-refractivity contribution in [1.82, 2.24) is 15.5 Å². The van der Waals surface area contributed by atoms with Crippen LogP contribution in [0.2, 0.25) is 0 Å². The van der Waals surface area contributed by atoms with Gasteiger partial charge in [-0.15, -0.1) is 0 Å². The van der Waals surface area contributed by atoms with Crippen molar-refractivity contribution in [2.75, 3.05) is 24.6 Å². The molecule has 0 radical (unpaired) electrons. The first-order chi connectivity index (χ1) is 9.62. The van der Waals surface area contributed by atoms with Crippen molar-refractivity contribution in [1.29, 1.82) is 0 Å². The Balaban J connectivity index is 1.57. The van der Waals surface area contributed by atoms with E-state index in [1.54, 1.807) is 0 Å². The third kappa shape index (κ3) is 3.38. The topological polar surface area (TPSA) is 85.1 Å². The lowest BCUT2D eigenvalue weighted by Crippen LogP contribution is -2.28. The van der Waals surface area contributed by atoms with Crippen molar-refractivity contribution in [2.24, 2.45) is 5.92 Å². The summed E-state index contributed by atoms with van der Waals surface area (Å²) in [6.07, 6.45) is 4.41. The van der Waals surface area contributed by atoms with Gasteiger partial charge in [0, 0.05) is 13.0 Å². The highest BCUT2D eigenvalue weighted by Crippen LogP contribution is 2.24. The Morgan fingerprint density at radius 3 is 2.75 bits per heavy atom. The molecule has 1 N–H and O–H groups in total. The number of aromatic nitrogens is 2. The predicted octanol–water partition coefficient (Wildman–Crippen LogP) is 0.904. The molecule has 0 aromatic carbocycles. The summed E-state index contributed by atoms with van der Waals surface area (Å²) >= 11 is 0. The van der Waals surface area contributed by atoms with Crippen molar-refractivity contribution in [3.05, 3.63) is 11.7 Å². The summed E-state index contributed by atoms with van der Waals surface area (Å²) in [7, 11) is -2.79. The Morgan fingerprint density at radius 1 is 1.25 bits per heavy atom. The van der Waals surface area contributed by atoms with Gasteiger partial charge < -0.3 is 9.84 Å². The van der Waals surface area contributed by atoms with Crippen molar-refractivity contribution in [2.45, 2.75) is 38.0 Å². The number of piperidine rings is 1. The summed E-state index contributed by atoms with van der Waals surface area (Å²) in [6, 6.07) is 0. The predicted molar refractivity (Wildman–Crippen MR) is 74.2 cm³/mol. The molecule has 3 heterocycles. The number of hydrogen-bond donors (Lipinski definition) is 1. The van der Waals surface area contributed by atoms with Crippen LogP contribution in [0.5, 0.6) is 0 Å². The monoisotopic (exact) mass is 299 g/mol. The van der Waals surface area contributed by atoms with E-state index in [1.807, 2.05) is 0 Å². The highest BCUT2D eigenvalue weighted by molar-refractivity contribution is 7.91. The summed E-state index contributed by atoms with van der Waals surface area (Å²) in [5, 5.41) is 7.40. The highest BCUT2D eigenvalue weighted by atomic mass is 32.2. The molecule has 1 aromatic rings. The first kappa shape index (κ1) is 14.0. The fourth-order valence-corrected chi connectivity index (χ4v) is 4.57. The average Bonchev–Trinajstić information content (AvgIpc) is 2.91. The molecule has 112 valence electrons. The maximum atomic E-state index is 11.4. The molecule has 2 saturated heterocycles. The summed E-state index contributed by atoms with van der Waals surface area (Å²) in [5.74, 6) is 2.76. The van der Waals surface area contributed by atoms with E-state index in [1.165, 1.54) is 0 Å². The van der Waals surface area contributed by atoms with E-state index >= 15 is 0 Å². The molecule has 0 aliphatic carbocycles. The minimum absolute atomic E-state index is 0.301. The zero-order chi connectivity index (χ0) is 14.0. The van der Waals surface area contributed by atoms with E-state index in [4.69, 9.17) is 4.52 Å². The third-order valence-corrected chi connectivity index (χ3v) is 5.99. The molecule has 6 nitrogen and oxygen atoms in total. The van der Waals surface area contributed by atoms with Gasteiger partial charge in [0.15, 0.2) is 5.82 Å². The van der Waals surface area contributed by atoms with Crippen LogP contribution in [-0.2, 0) is 16.3 Å². The molecule has 0 saturated carbocycles. The maximum absolute atomic E-state index is 11.4. The molecule has 0 amide bonds. The minimum Gasteiger partial charge on any atom is -0.339 e. The van der Waals surface area contributed by atoms with Gasteiger partial charge in [-0.2, -0.15) is 4.98 Å². The van der Waals surface area contributed by atoms with Gasteiger partial charge in [0.25, 0.3) is 0 Å². The van der Waals surface area contributed by atoms with Gasteiger partial charge in [-0.25, -0.2) is 8.42 Å². The molecule has 2 aliphatic rings. The molecule has 7 heteroatoms. The van der Waals surface area contributed by atoms with E-state index in [0.29, 0.717) is 23.3 Å². The minimum atomic E-state index is -2.79. The molecule has 2 fully saturated rings. The normalized spacial score (nSPS) is 27.5. The van der Waals surface area contributed by atoms with Gasteiger partial charge in [-0.1, -0.05) is 5.16 Å². The summed E-state index contributed by atoms with van der Waals surface area (Å²) < 4.78 is 28.2. The lowest BCUT2D eigenvalue weighted by atomic mass is 9.98. The Morgan fingerprint density at radius 2 is 2.05 bits per heavy atom. The SMILES string of the molecule is O=S1(=O)CCC(Cc2noc(C3CCCNC3)n2)CC1. The number of sulfone groups is 1. The number of nitrogens with zero attached hydrogens (tertiary/aromatic N) is 2. The van der Waals surface area contributed by atoms with E-state index < -0.39 is 9.84 Å². The van der Waals surface area contributed by atoms with E-state index in [0.717, 1.165) is 56.9 Å². The molecule has 0 bridgehead atoms. The standard InChI is InChI=1S/C13H21N3O3S/c17-20(18)6-3-10(4-7-20)8-12-15-13(19-16-12)11-2-1-5-14-9-11/h10-11,14H,1-9H2. The van der Waals surface area contributed by atoms with Crippen molar-refractivity contribution in [3.8, 4) is 0 Å². The van der Waals surface area contributed by atoms with Crippen LogP contribution in [0, 0.1) is 5.92 Å². The van der Waals surface area contributed by atoms with Crippen LogP contribution in [0.15, 0.2) is 4.52 Å². The zero-order valence-corrected chi connectivity index (χ0v) is 12.4. The summed E-state index contributed by atoms with van der Waals surface area (Å²) in [4.78, 5) is 4.50. The zero-order valence-electron chi connectivity index (χ0n) is 11.5. The molecule has 0 spiro atoms. The Hall–Kier alpha value is -0.950. The highest BCUT2D eigenvalue weighted by Gasteiger charge is 2.26. The van der Waals surface area contributed by atoms with Gasteiger partial charge in [0.2, 0.25) is 5.89 Å². The van der Waals surface area contributed by atoms with Crippen LogP contribution >= 0.6 is 0 Å². The molecule has 1 unspecified atom stereocenters. The smallest absolute Gasteiger partial charge is 0.231 e. The van der Waals surface area contributed by atoms with Gasteiger partial charge in [0.1, 0.15) is 9.84 Å². The first-order valence-corrected chi connectivity index (χ1v) is 9.18. The van der Waals surface area contributed by atoms with Crippen molar-refractivity contribution in [3.63, 3.8) is 0 Å². The molecule has 1 atom stereocenters. The van der Waals surface area contributed by atoms with Crippen molar-refractivity contribution < 1.29 is 12.9 Å². The second kappa shape index (κ2) is 5.81. The Bertz CT molecular complexity index is 535. The van der Waals surface area contributed by atoms with Crippen LogP contribution in [0.1, 0.15) is 43.3 Å². The molecule has 3 rings (SSSR count). The fourth-order valence-electron chi connectivity index (χ4n) is 2.98. The second-order valence-corrected chi connectivity index (χ2v) is 8.20. The quantitative estimate of drug-likeness (QED) is 0.892. The number of nitrogens with one attached hydrogen (secondary N) is 1. The molecular weight excluding hydrogens is 278 g/mol. The first-order valence-electron chi connectivity index (χ1n) is 7.36. The van der Waals surface area contributed by atoms with Gasteiger partial charge in [-0.05, 0) is 38.1 Å². The van der Waals surface area contributed by atoms with Crippen LogP contribution in [0.25, 0.3) is 0 Å². The van der Waals surface area contributed by atoms with Gasteiger partial charge in [0.05, 0.1) is 17.4 Å². The Kier molecular flexibility index (Phi) is 4.07. The lowest BCUT2D eigenvalue weighted by Gasteiger charge is -2.20. The summed E-state index contributed by atoms with van der Waals surface area (Å²) in [6.45, 7) is 1.97. The van der Waals surface area contributed by atoms with Crippen LogP contribution in [-0.4, -0.2) is 43.2 Å². The number of hydrogen-bond acceptors (Lipinski definition) is 6. The fraction of sp³-hybridized carbons (Fsp3) is 0.846. The molecule has 20 heavy (non-hydrogen) atoms. The van der Waals surface area contributed by atoms with Crippen LogP contribution in [0.3, 0.4) is 0 Å². The van der Waals surface area contributed by atoms with Crippen LogP contribution < -0.4 is 5.32 Å². The average molecular weight is 299 g/mol. The van der Waals surface area contributed by atoms with Crippen LogP contribution in [0.4, 0.5) is 0 Å². The second-order valence-electron chi connectivity index (χ2n) is 5.89. The molecular formula is C13H21N3O3S. The lowest BCUT2D eigenvalue weighted by molar-refractivity contribution is 0.318. The van der Waals surface area contributed by atoms with E-state index in [9.17, 15) is 8.42 Å². The van der Waals surface area contributed by atoms with E-state index in [2.05, 4.69) is 15.5 Å². The molecule has 1 aromatic heterocycles. The number of rotatable bonds is 3. The maximum Gasteiger partial charge on any atom is 0.231 e. The van der Waals surface area contributed by atoms with E-state index in [-0.39, 0.29) is 0 Å². The summed E-state index contributed by atoms with van der Waals surface area (Å²) in [5.41, 5.74) is 0. The van der Waals surface area contributed by atoms with Gasteiger partial charge in [-0.3, -0.25) is 0 Å². The molecule has 2 aliphatic heterocycles. The van der Waals surface area contributed by atoms with Gasteiger partial charge >= 0.3 is 0 Å². The third-order valence-electron chi connectivity index (χ3n) is 4.28.